The molecule has 0 saturated carbocycles. The summed E-state index contributed by atoms with van der Waals surface area (Å²) in [5.74, 6) is -0.191. The Morgan fingerprint density at radius 2 is 0.741 bits per heavy atom. The number of allylic oxidation sites excluding steroid dienone is 10. The van der Waals surface area contributed by atoms with Crippen LogP contribution in [-0.2, 0) is 4.79 Å². The lowest BCUT2D eigenvalue weighted by molar-refractivity contribution is -0.122. The van der Waals surface area contributed by atoms with Crippen LogP contribution in [0.5, 0.6) is 0 Å². The summed E-state index contributed by atoms with van der Waals surface area (Å²) in [5, 5.41) is 22.9. The Kier molecular flexibility index (Phi) is 47.4. The normalized spacial score (nSPS) is 13.5. The molecule has 0 bridgehead atoms. The number of rotatable bonds is 45. The van der Waals surface area contributed by atoms with Crippen molar-refractivity contribution in [2.24, 2.45) is 0 Å². The van der Waals surface area contributed by atoms with E-state index in [0.29, 0.717) is 0 Å². The van der Waals surface area contributed by atoms with Gasteiger partial charge in [0.05, 0.1) is 18.8 Å². The van der Waals surface area contributed by atoms with E-state index in [0.717, 1.165) is 44.9 Å². The maximum Gasteiger partial charge on any atom is 0.224 e. The molecule has 0 aromatic carbocycles. The second-order valence-corrected chi connectivity index (χ2v) is 16.9. The molecule has 0 saturated heterocycles. The van der Waals surface area contributed by atoms with E-state index in [1.54, 1.807) is 6.08 Å². The van der Waals surface area contributed by atoms with Crippen molar-refractivity contribution in [1.29, 1.82) is 0 Å². The standard InChI is InChI=1S/C54H97NO3/c1-3-5-7-9-11-13-15-17-19-20-21-22-23-24-25-26-27-28-29-30-31-32-33-34-36-37-39-41-43-45-47-49-53(57)52(51-56)55-54(58)50-48-46-44-42-40-38-35-18-16-14-12-10-8-6-4-2/h6,8,12,14,18,35,40,42,46-49,52-53,56-57H,3-5,7,9-11,13,15-17,19-34,36-39,41,43-45,50-51H2,1-2H3,(H,55,58)/b8-6-,14-12-,35-18-,42-40-,48-46-,49-47+. The molecule has 336 valence electrons. The van der Waals surface area contributed by atoms with Crippen molar-refractivity contribution in [2.45, 2.75) is 257 Å². The molecule has 0 rings (SSSR count). The maximum atomic E-state index is 12.3. The molecule has 3 N–H and O–H groups in total. The number of unbranched alkanes of at least 4 members (excludes halogenated alkanes) is 29. The quantitative estimate of drug-likeness (QED) is 0.0424. The highest BCUT2D eigenvalue weighted by Gasteiger charge is 2.17. The first-order chi connectivity index (χ1) is 28.7. The monoisotopic (exact) mass is 808 g/mol. The van der Waals surface area contributed by atoms with Crippen LogP contribution in [0.25, 0.3) is 0 Å². The van der Waals surface area contributed by atoms with Crippen molar-refractivity contribution < 1.29 is 15.0 Å². The molecule has 0 heterocycles. The van der Waals surface area contributed by atoms with Gasteiger partial charge in [0, 0.05) is 6.42 Å². The Balaban J connectivity index is 3.54. The van der Waals surface area contributed by atoms with Gasteiger partial charge >= 0.3 is 0 Å². The molecule has 2 atom stereocenters. The van der Waals surface area contributed by atoms with Crippen LogP contribution in [0.1, 0.15) is 245 Å². The van der Waals surface area contributed by atoms with Gasteiger partial charge in [0.1, 0.15) is 0 Å². The maximum absolute atomic E-state index is 12.3. The van der Waals surface area contributed by atoms with Gasteiger partial charge in [-0.1, -0.05) is 267 Å². The molecule has 4 heteroatoms. The van der Waals surface area contributed by atoms with Crippen LogP contribution in [0.3, 0.4) is 0 Å². The molecule has 0 fully saturated rings. The van der Waals surface area contributed by atoms with Gasteiger partial charge in [0.25, 0.3) is 0 Å². The van der Waals surface area contributed by atoms with Gasteiger partial charge in [-0.05, 0) is 44.9 Å². The summed E-state index contributed by atoms with van der Waals surface area (Å²) in [4.78, 5) is 12.3. The van der Waals surface area contributed by atoms with Crippen LogP contribution in [0.4, 0.5) is 0 Å². The zero-order chi connectivity index (χ0) is 42.1. The molecular weight excluding hydrogens is 711 g/mol. The molecule has 1 amide bonds. The lowest BCUT2D eigenvalue weighted by atomic mass is 10.0. The van der Waals surface area contributed by atoms with E-state index < -0.39 is 12.1 Å². The zero-order valence-corrected chi connectivity index (χ0v) is 38.5. The van der Waals surface area contributed by atoms with E-state index in [9.17, 15) is 15.0 Å². The number of hydrogen-bond acceptors (Lipinski definition) is 3. The van der Waals surface area contributed by atoms with E-state index in [2.05, 4.69) is 67.8 Å². The third-order valence-corrected chi connectivity index (χ3v) is 11.2. The van der Waals surface area contributed by atoms with Crippen molar-refractivity contribution >= 4 is 5.91 Å². The second kappa shape index (κ2) is 49.2. The average molecular weight is 808 g/mol. The summed E-state index contributed by atoms with van der Waals surface area (Å²) >= 11 is 0. The predicted octanol–water partition coefficient (Wildman–Crippen LogP) is 16.2. The molecule has 0 aromatic rings. The van der Waals surface area contributed by atoms with Gasteiger partial charge in [-0.25, -0.2) is 0 Å². The average Bonchev–Trinajstić information content (AvgIpc) is 3.23. The summed E-state index contributed by atoms with van der Waals surface area (Å²) in [5.41, 5.74) is 0. The fourth-order valence-corrected chi connectivity index (χ4v) is 7.42. The van der Waals surface area contributed by atoms with E-state index in [-0.39, 0.29) is 18.9 Å². The minimum Gasteiger partial charge on any atom is -0.394 e. The number of carbonyl (C=O) groups is 1. The van der Waals surface area contributed by atoms with E-state index in [1.165, 1.54) is 180 Å². The number of hydrogen-bond donors (Lipinski definition) is 3. The summed E-state index contributed by atoms with van der Waals surface area (Å²) in [6, 6.07) is -0.681. The van der Waals surface area contributed by atoms with Crippen LogP contribution < -0.4 is 5.32 Å². The number of carbonyl (C=O) groups excluding carboxylic acids is 1. The van der Waals surface area contributed by atoms with Crippen LogP contribution >= 0.6 is 0 Å². The van der Waals surface area contributed by atoms with Crippen LogP contribution in [0.15, 0.2) is 72.9 Å². The lowest BCUT2D eigenvalue weighted by Gasteiger charge is -2.19. The first-order valence-electron chi connectivity index (χ1n) is 25.2. The topological polar surface area (TPSA) is 69.6 Å². The molecule has 0 radical (unpaired) electrons. The summed E-state index contributed by atoms with van der Waals surface area (Å²) in [6.07, 6.45) is 70.8. The first-order valence-corrected chi connectivity index (χ1v) is 25.2. The minimum absolute atomic E-state index is 0.191. The van der Waals surface area contributed by atoms with Gasteiger partial charge in [0.2, 0.25) is 5.91 Å². The fraction of sp³-hybridized carbons (Fsp3) is 0.759. The highest BCUT2D eigenvalue weighted by molar-refractivity contribution is 5.77. The SMILES string of the molecule is CC/C=C\C/C=C\C/C=C\C/C=C\C/C=C\CC(=O)NC(CO)C(O)/C=C/CCCCCCCCCCCCCCCCCCCCCCCCCCCCCCC. The number of amides is 1. The van der Waals surface area contributed by atoms with Gasteiger partial charge in [-0.2, -0.15) is 0 Å². The predicted molar refractivity (Wildman–Crippen MR) is 257 cm³/mol. The third kappa shape index (κ3) is 44.9. The van der Waals surface area contributed by atoms with E-state index in [1.807, 2.05) is 18.2 Å². The van der Waals surface area contributed by atoms with Crippen molar-refractivity contribution in [3.8, 4) is 0 Å². The van der Waals surface area contributed by atoms with E-state index >= 15 is 0 Å². The highest BCUT2D eigenvalue weighted by Crippen LogP contribution is 2.17. The van der Waals surface area contributed by atoms with Gasteiger partial charge < -0.3 is 15.5 Å². The van der Waals surface area contributed by atoms with Crippen LogP contribution in [0.2, 0.25) is 0 Å². The Morgan fingerprint density at radius 3 is 1.07 bits per heavy atom. The molecule has 0 aliphatic rings. The number of aliphatic hydroxyl groups is 2. The van der Waals surface area contributed by atoms with Crippen LogP contribution in [0, 0.1) is 0 Å². The lowest BCUT2D eigenvalue weighted by Crippen LogP contribution is -2.44. The zero-order valence-electron chi connectivity index (χ0n) is 38.5. The highest BCUT2D eigenvalue weighted by atomic mass is 16.3. The third-order valence-electron chi connectivity index (χ3n) is 11.2. The van der Waals surface area contributed by atoms with E-state index in [4.69, 9.17) is 0 Å². The molecule has 0 aliphatic carbocycles. The Hall–Kier alpha value is -2.17. The largest absolute Gasteiger partial charge is 0.394 e. The van der Waals surface area contributed by atoms with Crippen LogP contribution in [-0.4, -0.2) is 34.9 Å². The van der Waals surface area contributed by atoms with Gasteiger partial charge in [0.15, 0.2) is 0 Å². The molecular formula is C54H97NO3. The second-order valence-electron chi connectivity index (χ2n) is 16.9. The smallest absolute Gasteiger partial charge is 0.224 e. The number of nitrogens with one attached hydrogen (secondary N) is 1. The summed E-state index contributed by atoms with van der Waals surface area (Å²) < 4.78 is 0. The number of aliphatic hydroxyl groups excluding tert-OH is 2. The van der Waals surface area contributed by atoms with Crippen molar-refractivity contribution in [2.75, 3.05) is 6.61 Å². The molecule has 4 nitrogen and oxygen atoms in total. The Bertz CT molecular complexity index is 1010. The molecule has 0 aliphatic heterocycles. The van der Waals surface area contributed by atoms with Crippen molar-refractivity contribution in [1.82, 2.24) is 5.32 Å². The fourth-order valence-electron chi connectivity index (χ4n) is 7.42. The van der Waals surface area contributed by atoms with Gasteiger partial charge in [-0.3, -0.25) is 4.79 Å². The first kappa shape index (κ1) is 55.8. The molecule has 58 heavy (non-hydrogen) atoms. The summed E-state index contributed by atoms with van der Waals surface area (Å²) in [7, 11) is 0. The van der Waals surface area contributed by atoms with Gasteiger partial charge in [-0.15, -0.1) is 0 Å². The minimum atomic E-state index is -0.883. The Morgan fingerprint density at radius 1 is 0.431 bits per heavy atom. The summed E-state index contributed by atoms with van der Waals surface area (Å²) in [6.45, 7) is 4.16. The molecule has 0 aromatic heterocycles. The van der Waals surface area contributed by atoms with Crippen molar-refractivity contribution in [3.63, 3.8) is 0 Å². The molecule has 2 unspecified atom stereocenters. The Labute approximate surface area is 361 Å². The van der Waals surface area contributed by atoms with Crippen molar-refractivity contribution in [3.05, 3.63) is 72.9 Å². The molecule has 0 spiro atoms.